The molecule has 1 fully saturated rings. The number of carbonyl (C=O) groups excluding carboxylic acids is 3. The molecule has 1 unspecified atom stereocenters. The summed E-state index contributed by atoms with van der Waals surface area (Å²) in [7, 11) is 0. The van der Waals surface area contributed by atoms with Crippen LogP contribution in [0.1, 0.15) is 85.4 Å². The van der Waals surface area contributed by atoms with Gasteiger partial charge in [0.2, 0.25) is 11.8 Å². The van der Waals surface area contributed by atoms with Crippen LogP contribution in [0.4, 0.5) is 10.6 Å². The number of piperidine rings is 1. The maximum Gasteiger partial charge on any atom is 0.408 e. The van der Waals surface area contributed by atoms with E-state index >= 15 is 0 Å². The average molecular weight is 689 g/mol. The van der Waals surface area contributed by atoms with Gasteiger partial charge in [-0.25, -0.2) is 9.78 Å². The minimum absolute atomic E-state index is 0.0479. The zero-order chi connectivity index (χ0) is 36.5. The van der Waals surface area contributed by atoms with Crippen LogP contribution < -0.4 is 16.0 Å². The molecular formula is C39H56N6O5. The SMILES string of the molecule is CC(C)(C)OC(=O)NC(C)(C)C(=O)N[C@@H](CNc1cn(C(C(=O)N2CCC(C(C)(C)C)CC2)c2ccccc2)cn1)COCc1ccccc1. The first kappa shape index (κ1) is 38.4. The van der Waals surface area contributed by atoms with Crippen molar-refractivity contribution in [1.82, 2.24) is 25.1 Å². The van der Waals surface area contributed by atoms with E-state index in [9.17, 15) is 14.4 Å². The lowest BCUT2D eigenvalue weighted by atomic mass is 9.75. The van der Waals surface area contributed by atoms with Crippen LogP contribution in [0.3, 0.4) is 0 Å². The molecule has 0 spiro atoms. The number of hydrogen-bond donors (Lipinski definition) is 3. The van der Waals surface area contributed by atoms with Crippen molar-refractivity contribution in [2.75, 3.05) is 31.6 Å². The number of ether oxygens (including phenoxy) is 2. The van der Waals surface area contributed by atoms with Crippen molar-refractivity contribution in [3.05, 3.63) is 84.3 Å². The second-order valence-corrected chi connectivity index (χ2v) is 15.8. The highest BCUT2D eigenvalue weighted by atomic mass is 16.6. The third-order valence-electron chi connectivity index (χ3n) is 8.96. The van der Waals surface area contributed by atoms with Crippen molar-refractivity contribution >= 4 is 23.7 Å². The molecule has 1 aromatic heterocycles. The lowest BCUT2D eigenvalue weighted by Crippen LogP contribution is -2.58. The lowest BCUT2D eigenvalue weighted by Gasteiger charge is -2.40. The van der Waals surface area contributed by atoms with E-state index in [1.54, 1.807) is 40.9 Å². The highest BCUT2D eigenvalue weighted by molar-refractivity contribution is 5.89. The van der Waals surface area contributed by atoms with E-state index in [4.69, 9.17) is 9.47 Å². The Balaban J connectivity index is 1.46. The molecule has 272 valence electrons. The summed E-state index contributed by atoms with van der Waals surface area (Å²) >= 11 is 0. The predicted octanol–water partition coefficient (Wildman–Crippen LogP) is 6.17. The van der Waals surface area contributed by atoms with Crippen LogP contribution >= 0.6 is 0 Å². The Bertz CT molecular complexity index is 1540. The molecule has 0 bridgehead atoms. The number of rotatable bonds is 13. The van der Waals surface area contributed by atoms with E-state index < -0.39 is 35.2 Å². The number of anilines is 1. The summed E-state index contributed by atoms with van der Waals surface area (Å²) in [6, 6.07) is 18.5. The molecule has 2 heterocycles. The number of nitrogens with one attached hydrogen (secondary N) is 3. The van der Waals surface area contributed by atoms with Gasteiger partial charge in [-0.15, -0.1) is 0 Å². The molecule has 1 aliphatic heterocycles. The molecular weight excluding hydrogens is 632 g/mol. The molecule has 1 aliphatic rings. The van der Waals surface area contributed by atoms with Gasteiger partial charge in [0.15, 0.2) is 0 Å². The number of benzene rings is 2. The molecule has 1 saturated heterocycles. The summed E-state index contributed by atoms with van der Waals surface area (Å²) in [6.07, 6.45) is 4.79. The Labute approximate surface area is 297 Å². The standard InChI is InChI=1S/C39H56N6O5/c1-37(2,3)30-19-21-44(22-20-30)34(46)33(29-17-13-10-14-18-29)45-24-32(41-27-45)40-23-31(26-49-25-28-15-11-9-12-16-28)42-35(47)39(7,8)43-36(48)50-38(4,5)6/h9-18,24,27,30-31,33,40H,19-23,25-26H2,1-8H3,(H,42,47)(H,43,48)/t31-,33?/m0/s1. The summed E-state index contributed by atoms with van der Waals surface area (Å²) in [5.74, 6) is 0.786. The molecule has 3 aromatic rings. The Hall–Kier alpha value is -4.38. The van der Waals surface area contributed by atoms with Gasteiger partial charge in [0, 0.05) is 25.8 Å². The zero-order valence-corrected chi connectivity index (χ0v) is 31.0. The highest BCUT2D eigenvalue weighted by Gasteiger charge is 2.35. The van der Waals surface area contributed by atoms with Crippen molar-refractivity contribution < 1.29 is 23.9 Å². The first-order chi connectivity index (χ1) is 23.5. The van der Waals surface area contributed by atoms with Gasteiger partial charge in [-0.3, -0.25) is 9.59 Å². The fourth-order valence-electron chi connectivity index (χ4n) is 6.04. The molecule has 11 nitrogen and oxygen atoms in total. The maximum atomic E-state index is 14.1. The van der Waals surface area contributed by atoms with Crippen molar-refractivity contribution in [1.29, 1.82) is 0 Å². The van der Waals surface area contributed by atoms with E-state index in [1.165, 1.54) is 0 Å². The second kappa shape index (κ2) is 16.6. The van der Waals surface area contributed by atoms with Crippen LogP contribution in [0.15, 0.2) is 73.2 Å². The number of hydrogen-bond acceptors (Lipinski definition) is 7. The molecule has 11 heteroatoms. The van der Waals surface area contributed by atoms with Crippen LogP contribution in [-0.4, -0.2) is 75.8 Å². The first-order valence-electron chi connectivity index (χ1n) is 17.6. The second-order valence-electron chi connectivity index (χ2n) is 15.8. The molecule has 4 rings (SSSR count). The number of nitrogens with zero attached hydrogens (tertiary/aromatic N) is 3. The van der Waals surface area contributed by atoms with Crippen molar-refractivity contribution in [2.24, 2.45) is 11.3 Å². The van der Waals surface area contributed by atoms with Gasteiger partial charge in [-0.05, 0) is 69.9 Å². The van der Waals surface area contributed by atoms with Gasteiger partial charge in [0.25, 0.3) is 0 Å². The van der Waals surface area contributed by atoms with Crippen molar-refractivity contribution in [3.8, 4) is 0 Å². The van der Waals surface area contributed by atoms with E-state index in [-0.39, 0.29) is 24.5 Å². The van der Waals surface area contributed by atoms with Gasteiger partial charge in [-0.1, -0.05) is 81.4 Å². The minimum atomic E-state index is -1.26. The summed E-state index contributed by atoms with van der Waals surface area (Å²) in [4.78, 5) is 46.6. The summed E-state index contributed by atoms with van der Waals surface area (Å²) in [5.41, 5.74) is 0.152. The molecule has 0 saturated carbocycles. The fraction of sp³-hybridized carbons (Fsp3) is 0.538. The van der Waals surface area contributed by atoms with Crippen LogP contribution in [0.25, 0.3) is 0 Å². The topological polar surface area (TPSA) is 127 Å². The maximum absolute atomic E-state index is 14.1. The van der Waals surface area contributed by atoms with Gasteiger partial charge in [-0.2, -0.15) is 0 Å². The van der Waals surface area contributed by atoms with Gasteiger partial charge < -0.3 is 34.9 Å². The molecule has 3 N–H and O–H groups in total. The van der Waals surface area contributed by atoms with Crippen molar-refractivity contribution in [2.45, 2.75) is 98.1 Å². The normalized spacial score (nSPS) is 15.6. The predicted molar refractivity (Wildman–Crippen MR) is 196 cm³/mol. The first-order valence-corrected chi connectivity index (χ1v) is 17.6. The van der Waals surface area contributed by atoms with Crippen LogP contribution in [0.2, 0.25) is 0 Å². The number of likely N-dealkylation sites (tertiary alicyclic amines) is 1. The van der Waals surface area contributed by atoms with Gasteiger partial charge in [0.1, 0.15) is 23.0 Å². The Morgan fingerprint density at radius 3 is 2.12 bits per heavy atom. The summed E-state index contributed by atoms with van der Waals surface area (Å²) < 4.78 is 13.2. The van der Waals surface area contributed by atoms with Gasteiger partial charge >= 0.3 is 6.09 Å². The van der Waals surface area contributed by atoms with Crippen molar-refractivity contribution in [3.63, 3.8) is 0 Å². The highest BCUT2D eigenvalue weighted by Crippen LogP contribution is 2.35. The van der Waals surface area contributed by atoms with E-state index in [0.717, 1.165) is 37.1 Å². The van der Waals surface area contributed by atoms with E-state index in [1.807, 2.05) is 76.3 Å². The Morgan fingerprint density at radius 2 is 1.52 bits per heavy atom. The summed E-state index contributed by atoms with van der Waals surface area (Å²) in [6.45, 7) is 17.7. The van der Waals surface area contributed by atoms with Crippen LogP contribution in [-0.2, 0) is 25.7 Å². The molecule has 3 amide bonds. The molecule has 0 aliphatic carbocycles. The monoisotopic (exact) mass is 688 g/mol. The largest absolute Gasteiger partial charge is 0.444 e. The zero-order valence-electron chi connectivity index (χ0n) is 31.0. The average Bonchev–Trinajstić information content (AvgIpc) is 3.51. The fourth-order valence-corrected chi connectivity index (χ4v) is 6.04. The number of carbonyl (C=O) groups is 3. The van der Waals surface area contributed by atoms with Gasteiger partial charge in [0.05, 0.1) is 25.6 Å². The number of imidazole rings is 1. The minimum Gasteiger partial charge on any atom is -0.444 e. The third kappa shape index (κ3) is 11.3. The Morgan fingerprint density at radius 1 is 0.900 bits per heavy atom. The lowest BCUT2D eigenvalue weighted by molar-refractivity contribution is -0.135. The summed E-state index contributed by atoms with van der Waals surface area (Å²) in [5, 5.41) is 9.01. The number of aromatic nitrogens is 2. The number of alkyl carbamates (subject to hydrolysis) is 1. The molecule has 0 radical (unpaired) electrons. The molecule has 2 atom stereocenters. The van der Waals surface area contributed by atoms with E-state index in [0.29, 0.717) is 18.3 Å². The molecule has 2 aromatic carbocycles. The van der Waals surface area contributed by atoms with Crippen LogP contribution in [0.5, 0.6) is 0 Å². The van der Waals surface area contributed by atoms with E-state index in [2.05, 4.69) is 41.7 Å². The third-order valence-corrected chi connectivity index (χ3v) is 8.96. The van der Waals surface area contributed by atoms with Crippen LogP contribution in [0, 0.1) is 11.3 Å². The number of amides is 3. The quantitative estimate of drug-likeness (QED) is 0.196. The molecule has 50 heavy (non-hydrogen) atoms. The Kier molecular flexibility index (Phi) is 12.7. The smallest absolute Gasteiger partial charge is 0.408 e.